The van der Waals surface area contributed by atoms with Crippen LogP contribution < -0.4 is 10.6 Å². The van der Waals surface area contributed by atoms with Crippen molar-refractivity contribution in [3.8, 4) is 0 Å². The second-order valence-corrected chi connectivity index (χ2v) is 6.59. The number of hydrogen-bond donors (Lipinski definition) is 2. The van der Waals surface area contributed by atoms with Crippen LogP contribution in [0.2, 0.25) is 5.02 Å². The van der Waals surface area contributed by atoms with Gasteiger partial charge in [-0.3, -0.25) is 4.79 Å². The summed E-state index contributed by atoms with van der Waals surface area (Å²) in [5.41, 5.74) is 3.73. The number of halogens is 1. The van der Waals surface area contributed by atoms with Crippen LogP contribution in [0.5, 0.6) is 0 Å². The van der Waals surface area contributed by atoms with E-state index in [9.17, 15) is 4.79 Å². The number of carbonyl (C=O) groups excluding carboxylic acids is 1. The third kappa shape index (κ3) is 5.44. The van der Waals surface area contributed by atoms with Gasteiger partial charge in [0.05, 0.1) is 6.54 Å². The number of hydrogen-bond acceptors (Lipinski definition) is 2. The highest BCUT2D eigenvalue weighted by atomic mass is 35.5. The molecule has 132 valence electrons. The number of thiocarbonyl (C=S) groups is 1. The van der Waals surface area contributed by atoms with E-state index in [0.29, 0.717) is 16.7 Å². The van der Waals surface area contributed by atoms with Crippen LogP contribution in [0.15, 0.2) is 42.5 Å². The third-order valence-corrected chi connectivity index (χ3v) is 4.42. The second kappa shape index (κ2) is 8.83. The van der Waals surface area contributed by atoms with Crippen LogP contribution in [-0.4, -0.2) is 29.0 Å². The Morgan fingerprint density at radius 2 is 1.76 bits per heavy atom. The van der Waals surface area contributed by atoms with Crippen LogP contribution in [0.1, 0.15) is 18.1 Å². The molecule has 2 rings (SSSR count). The van der Waals surface area contributed by atoms with Crippen LogP contribution in [-0.2, 0) is 4.79 Å². The molecule has 0 aliphatic rings. The van der Waals surface area contributed by atoms with Gasteiger partial charge in [0.15, 0.2) is 5.11 Å². The molecule has 0 aliphatic carbocycles. The molecule has 0 bridgehead atoms. The van der Waals surface area contributed by atoms with E-state index in [-0.39, 0.29) is 12.5 Å². The first-order valence-electron chi connectivity index (χ1n) is 8.08. The average Bonchev–Trinajstić information content (AvgIpc) is 2.56. The molecule has 0 fully saturated rings. The van der Waals surface area contributed by atoms with E-state index < -0.39 is 0 Å². The normalized spacial score (nSPS) is 10.2. The summed E-state index contributed by atoms with van der Waals surface area (Å²) in [6.07, 6.45) is 0. The Kier molecular flexibility index (Phi) is 6.79. The van der Waals surface area contributed by atoms with E-state index in [1.54, 1.807) is 17.0 Å². The van der Waals surface area contributed by atoms with Gasteiger partial charge in [0.1, 0.15) is 0 Å². The maximum Gasteiger partial charge on any atom is 0.243 e. The quantitative estimate of drug-likeness (QED) is 0.749. The first kappa shape index (κ1) is 19.2. The van der Waals surface area contributed by atoms with Gasteiger partial charge in [0, 0.05) is 22.9 Å². The van der Waals surface area contributed by atoms with Crippen LogP contribution in [0, 0.1) is 13.8 Å². The van der Waals surface area contributed by atoms with E-state index in [4.69, 9.17) is 23.8 Å². The number of likely N-dealkylation sites (N-methyl/N-ethyl adjacent to an activating group) is 1. The van der Waals surface area contributed by atoms with E-state index in [2.05, 4.69) is 10.6 Å². The molecule has 0 unspecified atom stereocenters. The molecule has 6 heteroatoms. The summed E-state index contributed by atoms with van der Waals surface area (Å²) in [5, 5.41) is 7.22. The highest BCUT2D eigenvalue weighted by Crippen LogP contribution is 2.19. The highest BCUT2D eigenvalue weighted by Gasteiger charge is 2.14. The summed E-state index contributed by atoms with van der Waals surface area (Å²) in [6, 6.07) is 13.2. The fourth-order valence-corrected chi connectivity index (χ4v) is 2.96. The number of carbonyl (C=O) groups is 1. The summed E-state index contributed by atoms with van der Waals surface area (Å²) < 4.78 is 0. The molecule has 0 spiro atoms. The number of nitrogens with one attached hydrogen (secondary N) is 2. The Balaban J connectivity index is 2.00. The summed E-state index contributed by atoms with van der Waals surface area (Å²) in [5.74, 6) is -0.102. The average molecular weight is 376 g/mol. The van der Waals surface area contributed by atoms with Crippen molar-refractivity contribution in [1.82, 2.24) is 4.90 Å². The van der Waals surface area contributed by atoms with E-state index >= 15 is 0 Å². The molecule has 0 aromatic heterocycles. The maximum atomic E-state index is 12.4. The van der Waals surface area contributed by atoms with Crippen LogP contribution in [0.25, 0.3) is 0 Å². The van der Waals surface area contributed by atoms with Gasteiger partial charge in [-0.1, -0.05) is 35.9 Å². The molecule has 1 amide bonds. The van der Waals surface area contributed by atoms with Crippen molar-refractivity contribution in [2.75, 3.05) is 23.7 Å². The summed E-state index contributed by atoms with van der Waals surface area (Å²) in [7, 11) is 0. The number of rotatable bonds is 5. The molecule has 25 heavy (non-hydrogen) atoms. The Morgan fingerprint density at radius 1 is 1.12 bits per heavy atom. The van der Waals surface area contributed by atoms with Crippen molar-refractivity contribution in [2.45, 2.75) is 20.8 Å². The third-order valence-electron chi connectivity index (χ3n) is 3.82. The van der Waals surface area contributed by atoms with Crippen LogP contribution in [0.4, 0.5) is 11.4 Å². The maximum absolute atomic E-state index is 12.4. The number of aryl methyl sites for hydroxylation is 2. The lowest BCUT2D eigenvalue weighted by atomic mass is 10.1. The minimum atomic E-state index is -0.102. The second-order valence-electron chi connectivity index (χ2n) is 5.77. The van der Waals surface area contributed by atoms with Gasteiger partial charge in [0.2, 0.25) is 5.91 Å². The van der Waals surface area contributed by atoms with Gasteiger partial charge < -0.3 is 15.5 Å². The summed E-state index contributed by atoms with van der Waals surface area (Å²) >= 11 is 11.4. The van der Waals surface area contributed by atoms with Crippen LogP contribution in [0.3, 0.4) is 0 Å². The molecule has 2 N–H and O–H groups in total. The zero-order valence-electron chi connectivity index (χ0n) is 14.6. The first-order chi connectivity index (χ1) is 11.9. The Hall–Kier alpha value is -2.11. The zero-order valence-corrected chi connectivity index (χ0v) is 16.2. The van der Waals surface area contributed by atoms with E-state index in [1.165, 1.54) is 0 Å². The van der Waals surface area contributed by atoms with Gasteiger partial charge in [0.25, 0.3) is 0 Å². The highest BCUT2D eigenvalue weighted by molar-refractivity contribution is 7.80. The lowest BCUT2D eigenvalue weighted by Gasteiger charge is -2.24. The van der Waals surface area contributed by atoms with Crippen LogP contribution >= 0.6 is 23.8 Å². The first-order valence-corrected chi connectivity index (χ1v) is 8.87. The molecule has 0 saturated carbocycles. The molecule has 0 saturated heterocycles. The van der Waals surface area contributed by atoms with Crippen molar-refractivity contribution < 1.29 is 4.79 Å². The minimum absolute atomic E-state index is 0.102. The van der Waals surface area contributed by atoms with Gasteiger partial charge >= 0.3 is 0 Å². The smallest absolute Gasteiger partial charge is 0.243 e. The molecular weight excluding hydrogens is 354 g/mol. The van der Waals surface area contributed by atoms with Crippen molar-refractivity contribution in [2.24, 2.45) is 0 Å². The van der Waals surface area contributed by atoms with Crippen molar-refractivity contribution in [1.29, 1.82) is 0 Å². The number of anilines is 2. The predicted octanol–water partition coefficient (Wildman–Crippen LogP) is 4.61. The van der Waals surface area contributed by atoms with Crippen molar-refractivity contribution in [3.63, 3.8) is 0 Å². The standard InChI is InChI=1S/C19H22ClN3OS/c1-4-23(19(25)21-16-10-6-9-15(20)11-16)12-17(24)22-18-13(2)7-5-8-14(18)3/h5-11H,4,12H2,1-3H3,(H,21,25)(H,22,24). The molecule has 0 radical (unpaired) electrons. The largest absolute Gasteiger partial charge is 0.340 e. The molecule has 0 aliphatic heterocycles. The number of para-hydroxylation sites is 1. The molecule has 2 aromatic carbocycles. The van der Waals surface area contributed by atoms with Gasteiger partial charge in [-0.2, -0.15) is 0 Å². The summed E-state index contributed by atoms with van der Waals surface area (Å²) in [6.45, 7) is 6.71. The van der Waals surface area contributed by atoms with Gasteiger partial charge in [-0.25, -0.2) is 0 Å². The fourth-order valence-electron chi connectivity index (χ4n) is 2.46. The fraction of sp³-hybridized carbons (Fsp3) is 0.263. The molecule has 0 atom stereocenters. The predicted molar refractivity (Wildman–Crippen MR) is 109 cm³/mol. The Labute approximate surface area is 159 Å². The lowest BCUT2D eigenvalue weighted by molar-refractivity contribution is -0.116. The molecule has 4 nitrogen and oxygen atoms in total. The van der Waals surface area contributed by atoms with Gasteiger partial charge in [-0.15, -0.1) is 0 Å². The van der Waals surface area contributed by atoms with E-state index in [1.807, 2.05) is 51.1 Å². The Bertz CT molecular complexity index is 759. The molecular formula is C19H22ClN3OS. The Morgan fingerprint density at radius 3 is 2.36 bits per heavy atom. The number of benzene rings is 2. The summed E-state index contributed by atoms with van der Waals surface area (Å²) in [4.78, 5) is 14.2. The topological polar surface area (TPSA) is 44.4 Å². The lowest BCUT2D eigenvalue weighted by Crippen LogP contribution is -2.40. The van der Waals surface area contributed by atoms with E-state index in [0.717, 1.165) is 22.5 Å². The zero-order chi connectivity index (χ0) is 18.4. The molecule has 2 aromatic rings. The number of amides is 1. The SMILES string of the molecule is CCN(CC(=O)Nc1c(C)cccc1C)C(=S)Nc1cccc(Cl)c1. The van der Waals surface area contributed by atoms with Crippen molar-refractivity contribution >= 4 is 46.2 Å². The van der Waals surface area contributed by atoms with Crippen molar-refractivity contribution in [3.05, 3.63) is 58.6 Å². The number of nitrogens with zero attached hydrogens (tertiary/aromatic N) is 1. The van der Waals surface area contributed by atoms with Gasteiger partial charge in [-0.05, 0) is 62.3 Å². The monoisotopic (exact) mass is 375 g/mol. The molecule has 0 heterocycles. The minimum Gasteiger partial charge on any atom is -0.340 e.